The lowest BCUT2D eigenvalue weighted by molar-refractivity contribution is 0.217. The van der Waals surface area contributed by atoms with Crippen molar-refractivity contribution < 1.29 is 14.2 Å². The second-order valence-corrected chi connectivity index (χ2v) is 7.46. The van der Waals surface area contributed by atoms with Crippen molar-refractivity contribution in [3.05, 3.63) is 71.3 Å². The predicted molar refractivity (Wildman–Crippen MR) is 118 cm³/mol. The van der Waals surface area contributed by atoms with E-state index in [9.17, 15) is 0 Å². The van der Waals surface area contributed by atoms with E-state index in [-0.39, 0.29) is 0 Å². The molecule has 5 nitrogen and oxygen atoms in total. The molecule has 0 bridgehead atoms. The number of aromatic nitrogens is 1. The molecule has 2 heterocycles. The number of methoxy groups -OCH3 is 2. The Labute approximate surface area is 178 Å². The Hall–Kier alpha value is -3.05. The van der Waals surface area contributed by atoms with Crippen LogP contribution in [0.1, 0.15) is 23.6 Å². The number of rotatable bonds is 6. The summed E-state index contributed by atoms with van der Waals surface area (Å²) < 4.78 is 17.1. The van der Waals surface area contributed by atoms with Gasteiger partial charge >= 0.3 is 0 Å². The van der Waals surface area contributed by atoms with Gasteiger partial charge in [-0.1, -0.05) is 37.3 Å². The van der Waals surface area contributed by atoms with E-state index in [1.807, 2.05) is 24.3 Å². The third kappa shape index (κ3) is 4.41. The van der Waals surface area contributed by atoms with Crippen LogP contribution in [0.2, 0.25) is 0 Å². The number of hydrogen-bond donors (Lipinski definition) is 0. The summed E-state index contributed by atoms with van der Waals surface area (Å²) >= 11 is 0. The van der Waals surface area contributed by atoms with Gasteiger partial charge in [-0.05, 0) is 35.7 Å². The minimum Gasteiger partial charge on any atom is -0.493 e. The molecule has 0 atom stereocenters. The maximum Gasteiger partial charge on any atom is 0.213 e. The Bertz CT molecular complexity index is 1000. The predicted octanol–water partition coefficient (Wildman–Crippen LogP) is 4.72. The van der Waals surface area contributed by atoms with Gasteiger partial charge in [0.05, 0.1) is 19.9 Å². The standard InChI is InChI=1S/C25H28N2O3/c1-4-18-8-10-19(11-9-18)16-27-12-13-30-25-21(17-27)14-20(15-23(25)28-2)22-6-5-7-24(26-22)29-3/h5-11,14-15H,4,12-13,16-17H2,1-3H3. The molecular weight excluding hydrogens is 376 g/mol. The molecule has 1 aliphatic heterocycles. The van der Waals surface area contributed by atoms with E-state index in [0.717, 1.165) is 54.4 Å². The molecule has 30 heavy (non-hydrogen) atoms. The summed E-state index contributed by atoms with van der Waals surface area (Å²) in [5, 5.41) is 0. The van der Waals surface area contributed by atoms with Gasteiger partial charge < -0.3 is 14.2 Å². The third-order valence-electron chi connectivity index (χ3n) is 5.47. The second-order valence-electron chi connectivity index (χ2n) is 7.46. The molecule has 0 saturated heterocycles. The second kappa shape index (κ2) is 9.18. The van der Waals surface area contributed by atoms with Crippen LogP contribution in [-0.2, 0) is 19.5 Å². The van der Waals surface area contributed by atoms with Gasteiger partial charge in [0.2, 0.25) is 5.88 Å². The van der Waals surface area contributed by atoms with E-state index >= 15 is 0 Å². The lowest BCUT2D eigenvalue weighted by Gasteiger charge is -2.20. The van der Waals surface area contributed by atoms with E-state index in [4.69, 9.17) is 14.2 Å². The summed E-state index contributed by atoms with van der Waals surface area (Å²) in [5.41, 5.74) is 5.62. The maximum absolute atomic E-state index is 6.10. The number of fused-ring (bicyclic) bond motifs is 1. The van der Waals surface area contributed by atoms with Gasteiger partial charge in [0.25, 0.3) is 0 Å². The van der Waals surface area contributed by atoms with Crippen LogP contribution in [-0.4, -0.2) is 37.3 Å². The van der Waals surface area contributed by atoms with E-state index < -0.39 is 0 Å². The maximum atomic E-state index is 6.10. The quantitative estimate of drug-likeness (QED) is 0.595. The van der Waals surface area contributed by atoms with Crippen molar-refractivity contribution in [2.24, 2.45) is 0 Å². The molecule has 0 radical (unpaired) electrons. The van der Waals surface area contributed by atoms with Gasteiger partial charge in [-0.2, -0.15) is 0 Å². The molecule has 4 rings (SSSR count). The zero-order chi connectivity index (χ0) is 20.9. The van der Waals surface area contributed by atoms with Crippen LogP contribution < -0.4 is 14.2 Å². The Morgan fingerprint density at radius 2 is 1.80 bits per heavy atom. The molecule has 0 spiro atoms. The molecule has 5 heteroatoms. The van der Waals surface area contributed by atoms with Crippen molar-refractivity contribution in [3.63, 3.8) is 0 Å². The van der Waals surface area contributed by atoms with Crippen LogP contribution in [0, 0.1) is 0 Å². The average Bonchev–Trinajstić information content (AvgIpc) is 3.00. The fourth-order valence-corrected chi connectivity index (χ4v) is 3.80. The Kier molecular flexibility index (Phi) is 6.19. The number of aryl methyl sites for hydroxylation is 1. The summed E-state index contributed by atoms with van der Waals surface area (Å²) in [6.07, 6.45) is 1.06. The van der Waals surface area contributed by atoms with Crippen molar-refractivity contribution in [1.82, 2.24) is 9.88 Å². The van der Waals surface area contributed by atoms with Crippen LogP contribution in [0.5, 0.6) is 17.4 Å². The highest BCUT2D eigenvalue weighted by molar-refractivity contribution is 5.67. The normalized spacial score (nSPS) is 13.8. The first-order valence-electron chi connectivity index (χ1n) is 10.4. The average molecular weight is 405 g/mol. The van der Waals surface area contributed by atoms with Gasteiger partial charge in [0, 0.05) is 36.8 Å². The largest absolute Gasteiger partial charge is 0.493 e. The number of hydrogen-bond acceptors (Lipinski definition) is 5. The van der Waals surface area contributed by atoms with E-state index in [1.165, 1.54) is 11.1 Å². The first-order valence-corrected chi connectivity index (χ1v) is 10.4. The zero-order valence-corrected chi connectivity index (χ0v) is 17.9. The molecule has 0 unspecified atom stereocenters. The Balaban J connectivity index is 1.63. The van der Waals surface area contributed by atoms with Gasteiger partial charge in [0.15, 0.2) is 11.5 Å². The third-order valence-corrected chi connectivity index (χ3v) is 5.47. The summed E-state index contributed by atoms with van der Waals surface area (Å²) in [6, 6.07) is 18.8. The number of benzene rings is 2. The first-order chi connectivity index (χ1) is 14.7. The highest BCUT2D eigenvalue weighted by Gasteiger charge is 2.21. The van der Waals surface area contributed by atoms with Crippen molar-refractivity contribution in [2.75, 3.05) is 27.4 Å². The van der Waals surface area contributed by atoms with Crippen LogP contribution in [0.15, 0.2) is 54.6 Å². The Morgan fingerprint density at radius 1 is 1.00 bits per heavy atom. The minimum atomic E-state index is 0.592. The zero-order valence-electron chi connectivity index (χ0n) is 17.9. The number of nitrogens with zero attached hydrogens (tertiary/aromatic N) is 2. The first kappa shape index (κ1) is 20.2. The fourth-order valence-electron chi connectivity index (χ4n) is 3.80. The molecule has 1 aliphatic rings. The molecule has 0 saturated carbocycles. The Morgan fingerprint density at radius 3 is 2.53 bits per heavy atom. The molecule has 0 N–H and O–H groups in total. The molecular formula is C25H28N2O3. The minimum absolute atomic E-state index is 0.592. The van der Waals surface area contributed by atoms with Crippen molar-refractivity contribution in [2.45, 2.75) is 26.4 Å². The smallest absolute Gasteiger partial charge is 0.213 e. The van der Waals surface area contributed by atoms with Crippen LogP contribution >= 0.6 is 0 Å². The number of ether oxygens (including phenoxy) is 3. The topological polar surface area (TPSA) is 43.8 Å². The summed E-state index contributed by atoms with van der Waals surface area (Å²) in [7, 11) is 3.31. The summed E-state index contributed by atoms with van der Waals surface area (Å²) in [6.45, 7) is 5.35. The van der Waals surface area contributed by atoms with E-state index in [2.05, 4.69) is 47.1 Å². The monoisotopic (exact) mass is 404 g/mol. The molecule has 156 valence electrons. The lowest BCUT2D eigenvalue weighted by Crippen LogP contribution is -2.25. The highest BCUT2D eigenvalue weighted by atomic mass is 16.5. The van der Waals surface area contributed by atoms with Crippen LogP contribution in [0.4, 0.5) is 0 Å². The van der Waals surface area contributed by atoms with Crippen molar-refractivity contribution in [1.29, 1.82) is 0 Å². The summed E-state index contributed by atoms with van der Waals surface area (Å²) in [4.78, 5) is 6.99. The van der Waals surface area contributed by atoms with Crippen LogP contribution in [0.25, 0.3) is 11.3 Å². The van der Waals surface area contributed by atoms with Gasteiger partial charge in [-0.15, -0.1) is 0 Å². The molecule has 2 aromatic carbocycles. The van der Waals surface area contributed by atoms with Crippen molar-refractivity contribution >= 4 is 0 Å². The van der Waals surface area contributed by atoms with Gasteiger partial charge in [-0.25, -0.2) is 4.98 Å². The van der Waals surface area contributed by atoms with Gasteiger partial charge in [0.1, 0.15) is 6.61 Å². The molecule has 0 aliphatic carbocycles. The van der Waals surface area contributed by atoms with E-state index in [0.29, 0.717) is 12.5 Å². The van der Waals surface area contributed by atoms with Crippen molar-refractivity contribution in [3.8, 4) is 28.6 Å². The van der Waals surface area contributed by atoms with Crippen LogP contribution in [0.3, 0.4) is 0 Å². The van der Waals surface area contributed by atoms with E-state index in [1.54, 1.807) is 14.2 Å². The lowest BCUT2D eigenvalue weighted by atomic mass is 10.0. The fraction of sp³-hybridized carbons (Fsp3) is 0.320. The molecule has 0 amide bonds. The molecule has 0 fully saturated rings. The van der Waals surface area contributed by atoms with Gasteiger partial charge in [-0.3, -0.25) is 4.90 Å². The highest BCUT2D eigenvalue weighted by Crippen LogP contribution is 2.38. The SMILES string of the molecule is CCc1ccc(CN2CCOc3c(cc(-c4cccc(OC)n4)cc3OC)C2)cc1. The number of pyridine rings is 1. The molecule has 3 aromatic rings. The molecule has 1 aromatic heterocycles. The summed E-state index contributed by atoms with van der Waals surface area (Å²) in [5.74, 6) is 2.16.